The lowest BCUT2D eigenvalue weighted by Gasteiger charge is -2.31. The van der Waals surface area contributed by atoms with Crippen LogP contribution < -0.4 is 0 Å². The van der Waals surface area contributed by atoms with Crippen molar-refractivity contribution in [1.82, 2.24) is 4.90 Å². The Kier molecular flexibility index (Phi) is 3.93. The SMILES string of the molecule is N#CC1CSCCN1C(=O)c1cccc(Cl)c1. The Morgan fingerprint density at radius 2 is 2.41 bits per heavy atom. The third-order valence-electron chi connectivity index (χ3n) is 2.61. The molecule has 1 unspecified atom stereocenters. The van der Waals surface area contributed by atoms with Crippen LogP contribution in [-0.2, 0) is 0 Å². The van der Waals surface area contributed by atoms with Crippen molar-refractivity contribution in [3.63, 3.8) is 0 Å². The Hall–Kier alpha value is -1.18. The lowest BCUT2D eigenvalue weighted by molar-refractivity contribution is 0.0737. The number of benzene rings is 1. The molecule has 0 aliphatic carbocycles. The molecule has 2 rings (SSSR count). The molecular weight excluding hydrogens is 256 g/mol. The number of carbonyl (C=O) groups excluding carboxylic acids is 1. The third kappa shape index (κ3) is 2.74. The summed E-state index contributed by atoms with van der Waals surface area (Å²) in [5.74, 6) is 1.45. The van der Waals surface area contributed by atoms with Gasteiger partial charge in [-0.05, 0) is 18.2 Å². The van der Waals surface area contributed by atoms with Gasteiger partial charge in [0.2, 0.25) is 0 Å². The van der Waals surface area contributed by atoms with Gasteiger partial charge >= 0.3 is 0 Å². The van der Waals surface area contributed by atoms with E-state index in [2.05, 4.69) is 6.07 Å². The number of thioether (sulfide) groups is 1. The van der Waals surface area contributed by atoms with Crippen LogP contribution in [-0.4, -0.2) is 34.9 Å². The molecule has 5 heteroatoms. The number of rotatable bonds is 1. The standard InChI is InChI=1S/C12H11ClN2OS/c13-10-3-1-2-9(6-10)12(16)15-4-5-17-8-11(15)7-14/h1-3,6,11H,4-5,8H2. The predicted molar refractivity (Wildman–Crippen MR) is 69.2 cm³/mol. The third-order valence-corrected chi connectivity index (χ3v) is 3.87. The van der Waals surface area contributed by atoms with Crippen molar-refractivity contribution in [1.29, 1.82) is 5.26 Å². The Labute approximate surface area is 109 Å². The highest BCUT2D eigenvalue weighted by atomic mass is 35.5. The highest BCUT2D eigenvalue weighted by Crippen LogP contribution is 2.20. The fraction of sp³-hybridized carbons (Fsp3) is 0.333. The maximum atomic E-state index is 12.2. The zero-order valence-electron chi connectivity index (χ0n) is 9.10. The van der Waals surface area contributed by atoms with Gasteiger partial charge in [-0.2, -0.15) is 17.0 Å². The van der Waals surface area contributed by atoms with Gasteiger partial charge in [0.25, 0.3) is 5.91 Å². The van der Waals surface area contributed by atoms with E-state index < -0.39 is 0 Å². The molecule has 0 N–H and O–H groups in total. The summed E-state index contributed by atoms with van der Waals surface area (Å²) in [4.78, 5) is 13.9. The number of hydrogen-bond acceptors (Lipinski definition) is 3. The first kappa shape index (κ1) is 12.3. The average Bonchev–Trinajstić information content (AvgIpc) is 2.38. The maximum absolute atomic E-state index is 12.2. The maximum Gasteiger partial charge on any atom is 0.255 e. The van der Waals surface area contributed by atoms with Crippen molar-refractivity contribution >= 4 is 29.3 Å². The lowest BCUT2D eigenvalue weighted by atomic mass is 10.1. The zero-order chi connectivity index (χ0) is 12.3. The summed E-state index contributed by atoms with van der Waals surface area (Å²) >= 11 is 7.56. The van der Waals surface area contributed by atoms with Gasteiger partial charge in [-0.1, -0.05) is 17.7 Å². The van der Waals surface area contributed by atoms with Crippen LogP contribution in [0.4, 0.5) is 0 Å². The van der Waals surface area contributed by atoms with Crippen LogP contribution in [0.2, 0.25) is 5.02 Å². The number of nitriles is 1. The van der Waals surface area contributed by atoms with E-state index in [1.54, 1.807) is 40.9 Å². The number of hydrogen-bond donors (Lipinski definition) is 0. The minimum Gasteiger partial charge on any atom is -0.321 e. The Morgan fingerprint density at radius 3 is 3.12 bits per heavy atom. The van der Waals surface area contributed by atoms with Crippen LogP contribution in [0.1, 0.15) is 10.4 Å². The second kappa shape index (κ2) is 5.44. The van der Waals surface area contributed by atoms with Crippen molar-refractivity contribution in [2.24, 2.45) is 0 Å². The summed E-state index contributed by atoms with van der Waals surface area (Å²) in [7, 11) is 0. The molecule has 17 heavy (non-hydrogen) atoms. The highest BCUT2D eigenvalue weighted by Gasteiger charge is 2.27. The van der Waals surface area contributed by atoms with E-state index in [9.17, 15) is 4.79 Å². The molecule has 0 saturated carbocycles. The van der Waals surface area contributed by atoms with E-state index in [-0.39, 0.29) is 11.9 Å². The smallest absolute Gasteiger partial charge is 0.255 e. The van der Waals surface area contributed by atoms with E-state index in [0.29, 0.717) is 22.9 Å². The first-order chi connectivity index (χ1) is 8.22. The van der Waals surface area contributed by atoms with E-state index in [4.69, 9.17) is 16.9 Å². The molecule has 0 bridgehead atoms. The van der Waals surface area contributed by atoms with Crippen LogP contribution in [0.25, 0.3) is 0 Å². The van der Waals surface area contributed by atoms with Gasteiger partial charge < -0.3 is 4.90 Å². The summed E-state index contributed by atoms with van der Waals surface area (Å²) in [6.07, 6.45) is 0. The number of halogens is 1. The molecule has 1 aliphatic heterocycles. The normalized spacial score (nSPS) is 19.8. The molecule has 1 atom stereocenters. The molecule has 88 valence electrons. The van der Waals surface area contributed by atoms with Gasteiger partial charge in [0, 0.05) is 28.6 Å². The first-order valence-electron chi connectivity index (χ1n) is 5.26. The number of nitrogens with zero attached hydrogens (tertiary/aromatic N) is 2. The van der Waals surface area contributed by atoms with Crippen molar-refractivity contribution in [3.05, 3.63) is 34.9 Å². The molecule has 1 aliphatic rings. The summed E-state index contributed by atoms with van der Waals surface area (Å²) in [6, 6.07) is 8.68. The van der Waals surface area contributed by atoms with E-state index in [1.807, 2.05) is 0 Å². The molecular formula is C12H11ClN2OS. The monoisotopic (exact) mass is 266 g/mol. The molecule has 1 heterocycles. The summed E-state index contributed by atoms with van der Waals surface area (Å²) in [5, 5.41) is 9.57. The highest BCUT2D eigenvalue weighted by molar-refractivity contribution is 7.99. The summed E-state index contributed by atoms with van der Waals surface area (Å²) in [6.45, 7) is 0.619. The van der Waals surface area contributed by atoms with Crippen LogP contribution in [0.3, 0.4) is 0 Å². The lowest BCUT2D eigenvalue weighted by Crippen LogP contribution is -2.45. The Bertz CT molecular complexity index is 472. The topological polar surface area (TPSA) is 44.1 Å². The molecule has 3 nitrogen and oxygen atoms in total. The van der Waals surface area contributed by atoms with Gasteiger partial charge in [-0.3, -0.25) is 4.79 Å². The minimum absolute atomic E-state index is 0.112. The molecule has 0 radical (unpaired) electrons. The molecule has 1 aromatic rings. The van der Waals surface area contributed by atoms with E-state index in [0.717, 1.165) is 5.75 Å². The number of amides is 1. The molecule has 0 spiro atoms. The molecule has 1 amide bonds. The fourth-order valence-electron chi connectivity index (χ4n) is 1.74. The fourth-order valence-corrected chi connectivity index (χ4v) is 2.90. The number of carbonyl (C=O) groups is 1. The largest absolute Gasteiger partial charge is 0.321 e. The van der Waals surface area contributed by atoms with Gasteiger partial charge in [-0.25, -0.2) is 0 Å². The summed E-state index contributed by atoms with van der Waals surface area (Å²) in [5.41, 5.74) is 0.546. The quantitative estimate of drug-likeness (QED) is 0.784. The van der Waals surface area contributed by atoms with Crippen molar-refractivity contribution < 1.29 is 4.79 Å². The van der Waals surface area contributed by atoms with Gasteiger partial charge in [0.1, 0.15) is 6.04 Å². The molecule has 1 saturated heterocycles. The molecule has 1 aromatic carbocycles. The van der Waals surface area contributed by atoms with Crippen LogP contribution in [0, 0.1) is 11.3 Å². The van der Waals surface area contributed by atoms with Crippen molar-refractivity contribution in [2.75, 3.05) is 18.1 Å². The zero-order valence-corrected chi connectivity index (χ0v) is 10.7. The average molecular weight is 267 g/mol. The Morgan fingerprint density at radius 1 is 1.59 bits per heavy atom. The van der Waals surface area contributed by atoms with E-state index >= 15 is 0 Å². The molecule has 0 aromatic heterocycles. The second-order valence-electron chi connectivity index (χ2n) is 3.73. The van der Waals surface area contributed by atoms with Gasteiger partial charge in [-0.15, -0.1) is 0 Å². The van der Waals surface area contributed by atoms with Crippen molar-refractivity contribution in [2.45, 2.75) is 6.04 Å². The van der Waals surface area contributed by atoms with Crippen LogP contribution >= 0.6 is 23.4 Å². The van der Waals surface area contributed by atoms with E-state index in [1.165, 1.54) is 0 Å². The van der Waals surface area contributed by atoms with Crippen molar-refractivity contribution in [3.8, 4) is 6.07 Å². The predicted octanol–water partition coefficient (Wildman–Crippen LogP) is 2.42. The first-order valence-corrected chi connectivity index (χ1v) is 6.79. The molecule has 1 fully saturated rings. The van der Waals surface area contributed by atoms with Gasteiger partial charge in [0.05, 0.1) is 6.07 Å². The Balaban J connectivity index is 2.22. The second-order valence-corrected chi connectivity index (χ2v) is 5.31. The summed E-state index contributed by atoms with van der Waals surface area (Å²) < 4.78 is 0. The van der Waals surface area contributed by atoms with Crippen LogP contribution in [0.5, 0.6) is 0 Å². The van der Waals surface area contributed by atoms with Gasteiger partial charge in [0.15, 0.2) is 0 Å². The van der Waals surface area contributed by atoms with Crippen LogP contribution in [0.15, 0.2) is 24.3 Å². The minimum atomic E-state index is -0.333.